The summed E-state index contributed by atoms with van der Waals surface area (Å²) in [5, 5.41) is 0.833. The van der Waals surface area contributed by atoms with Crippen molar-refractivity contribution in [3.05, 3.63) is 105 Å². The van der Waals surface area contributed by atoms with Gasteiger partial charge < -0.3 is 23.3 Å². The second kappa shape index (κ2) is 10.0. The van der Waals surface area contributed by atoms with Crippen LogP contribution in [0.25, 0.3) is 21.8 Å². The fourth-order valence-corrected chi connectivity index (χ4v) is 4.86. The van der Waals surface area contributed by atoms with Crippen molar-refractivity contribution >= 4 is 21.8 Å². The van der Waals surface area contributed by atoms with Crippen LogP contribution in [-0.2, 0) is 19.5 Å². The predicted octanol–water partition coefficient (Wildman–Crippen LogP) is 4.17. The fourth-order valence-electron chi connectivity index (χ4n) is 4.86. The Hall–Kier alpha value is -4.59. The topological polar surface area (TPSA) is 84.6 Å². The molecule has 0 fully saturated rings. The van der Waals surface area contributed by atoms with Gasteiger partial charge >= 0.3 is 0 Å². The van der Waals surface area contributed by atoms with Crippen LogP contribution in [0.4, 0.5) is 0 Å². The van der Waals surface area contributed by atoms with E-state index >= 15 is 0 Å². The molecule has 0 radical (unpaired) electrons. The molecule has 1 aliphatic heterocycles. The molecule has 192 valence electrons. The Bertz CT molecular complexity index is 1770. The van der Waals surface area contributed by atoms with Gasteiger partial charge in [-0.3, -0.25) is 9.59 Å². The Morgan fingerprint density at radius 2 is 1.55 bits per heavy atom. The van der Waals surface area contributed by atoms with E-state index in [1.165, 1.54) is 0 Å². The van der Waals surface area contributed by atoms with E-state index in [0.717, 1.165) is 29.0 Å². The maximum absolute atomic E-state index is 13.4. The minimum atomic E-state index is -0.201. The summed E-state index contributed by atoms with van der Waals surface area (Å²) in [4.78, 5) is 31.4. The molecule has 4 heterocycles. The molecular formula is C30H27N3O5. The second-order valence-electron chi connectivity index (χ2n) is 9.31. The average molecular weight is 510 g/mol. The normalized spacial score (nSPS) is 13.0. The van der Waals surface area contributed by atoms with Crippen LogP contribution in [0.2, 0.25) is 0 Å². The minimum absolute atomic E-state index is 0.176. The SMILES string of the molecule is COc1ccccc1CCn1ccc2nc3ccn(Cc4ccc5c(c4)OCCCO5)c(=O)c3cc2c1=O. The fraction of sp³-hybridized carbons (Fsp3) is 0.233. The molecule has 0 spiro atoms. The number of pyridine rings is 3. The van der Waals surface area contributed by atoms with Crippen LogP contribution >= 0.6 is 0 Å². The number of para-hydroxylation sites is 1. The number of methoxy groups -OCH3 is 1. The number of ether oxygens (including phenoxy) is 3. The van der Waals surface area contributed by atoms with E-state index in [1.807, 2.05) is 54.6 Å². The van der Waals surface area contributed by atoms with Crippen LogP contribution in [0, 0.1) is 0 Å². The highest BCUT2D eigenvalue weighted by Gasteiger charge is 2.13. The lowest BCUT2D eigenvalue weighted by atomic mass is 10.1. The number of aryl methyl sites for hydroxylation is 2. The largest absolute Gasteiger partial charge is 0.496 e. The Morgan fingerprint density at radius 1 is 0.842 bits per heavy atom. The molecule has 0 bridgehead atoms. The van der Waals surface area contributed by atoms with Crippen LogP contribution in [0.3, 0.4) is 0 Å². The summed E-state index contributed by atoms with van der Waals surface area (Å²) in [5.41, 5.74) is 2.69. The minimum Gasteiger partial charge on any atom is -0.496 e. The number of fused-ring (bicyclic) bond motifs is 3. The van der Waals surface area contributed by atoms with Gasteiger partial charge in [0.2, 0.25) is 0 Å². The third-order valence-electron chi connectivity index (χ3n) is 6.87. The van der Waals surface area contributed by atoms with Gasteiger partial charge in [0.25, 0.3) is 11.1 Å². The Balaban J connectivity index is 1.33. The van der Waals surface area contributed by atoms with E-state index in [-0.39, 0.29) is 11.1 Å². The lowest BCUT2D eigenvalue weighted by Gasteiger charge is -2.12. The van der Waals surface area contributed by atoms with E-state index in [4.69, 9.17) is 14.2 Å². The maximum Gasteiger partial charge on any atom is 0.260 e. The molecule has 0 saturated heterocycles. The molecule has 2 aromatic carbocycles. The molecule has 1 aliphatic rings. The zero-order valence-corrected chi connectivity index (χ0v) is 21.1. The third kappa shape index (κ3) is 4.49. The van der Waals surface area contributed by atoms with Gasteiger partial charge in [-0.25, -0.2) is 4.98 Å². The van der Waals surface area contributed by atoms with Crippen molar-refractivity contribution in [2.45, 2.75) is 25.9 Å². The van der Waals surface area contributed by atoms with Crippen molar-refractivity contribution in [1.29, 1.82) is 0 Å². The number of aromatic nitrogens is 3. The van der Waals surface area contributed by atoms with Gasteiger partial charge in [0.05, 0.1) is 48.7 Å². The lowest BCUT2D eigenvalue weighted by molar-refractivity contribution is 0.297. The molecule has 0 unspecified atom stereocenters. The van der Waals surface area contributed by atoms with Crippen LogP contribution in [-0.4, -0.2) is 34.4 Å². The molecule has 0 saturated carbocycles. The number of hydrogen-bond acceptors (Lipinski definition) is 6. The molecule has 0 N–H and O–H groups in total. The Morgan fingerprint density at radius 3 is 2.34 bits per heavy atom. The smallest absolute Gasteiger partial charge is 0.260 e. The summed E-state index contributed by atoms with van der Waals surface area (Å²) >= 11 is 0. The van der Waals surface area contributed by atoms with E-state index in [2.05, 4.69) is 4.98 Å². The summed E-state index contributed by atoms with van der Waals surface area (Å²) in [6.07, 6.45) is 4.96. The first-order chi connectivity index (χ1) is 18.6. The molecule has 6 rings (SSSR count). The number of nitrogens with zero attached hydrogens (tertiary/aromatic N) is 3. The highest BCUT2D eigenvalue weighted by molar-refractivity contribution is 5.91. The molecule has 0 aliphatic carbocycles. The van der Waals surface area contributed by atoms with E-state index < -0.39 is 0 Å². The number of benzene rings is 2. The third-order valence-corrected chi connectivity index (χ3v) is 6.87. The van der Waals surface area contributed by atoms with E-state index in [9.17, 15) is 9.59 Å². The summed E-state index contributed by atoms with van der Waals surface area (Å²) in [7, 11) is 1.64. The van der Waals surface area contributed by atoms with Crippen molar-refractivity contribution < 1.29 is 14.2 Å². The molecule has 0 amide bonds. The zero-order valence-electron chi connectivity index (χ0n) is 21.1. The molecule has 5 aromatic rings. The summed E-state index contributed by atoms with van der Waals surface area (Å²) in [6, 6.07) is 18.8. The number of rotatable bonds is 6. The van der Waals surface area contributed by atoms with Gasteiger partial charge in [-0.05, 0) is 53.9 Å². The van der Waals surface area contributed by atoms with Crippen molar-refractivity contribution in [3.63, 3.8) is 0 Å². The lowest BCUT2D eigenvalue weighted by Crippen LogP contribution is -2.23. The van der Waals surface area contributed by atoms with Crippen molar-refractivity contribution in [2.24, 2.45) is 0 Å². The monoisotopic (exact) mass is 509 g/mol. The average Bonchev–Trinajstić information content (AvgIpc) is 3.19. The highest BCUT2D eigenvalue weighted by Crippen LogP contribution is 2.30. The van der Waals surface area contributed by atoms with E-state index in [1.54, 1.807) is 34.7 Å². The van der Waals surface area contributed by atoms with Gasteiger partial charge in [-0.1, -0.05) is 24.3 Å². The van der Waals surface area contributed by atoms with Crippen LogP contribution in [0.15, 0.2) is 82.6 Å². The van der Waals surface area contributed by atoms with E-state index in [0.29, 0.717) is 60.3 Å². The molecule has 38 heavy (non-hydrogen) atoms. The molecule has 0 atom stereocenters. The molecule has 8 heteroatoms. The van der Waals surface area contributed by atoms with Gasteiger partial charge in [0.15, 0.2) is 11.5 Å². The first kappa shape index (κ1) is 23.8. The Labute approximate surface area is 218 Å². The highest BCUT2D eigenvalue weighted by atomic mass is 16.5. The Kier molecular flexibility index (Phi) is 6.29. The second-order valence-corrected chi connectivity index (χ2v) is 9.31. The first-order valence-corrected chi connectivity index (χ1v) is 12.6. The zero-order chi connectivity index (χ0) is 26.1. The molecule has 8 nitrogen and oxygen atoms in total. The maximum atomic E-state index is 13.4. The van der Waals surface area contributed by atoms with Gasteiger partial charge in [0.1, 0.15) is 5.75 Å². The summed E-state index contributed by atoms with van der Waals surface area (Å²) < 4.78 is 20.2. The van der Waals surface area contributed by atoms with Crippen molar-refractivity contribution in [3.8, 4) is 17.2 Å². The van der Waals surface area contributed by atoms with Gasteiger partial charge in [0, 0.05) is 25.4 Å². The van der Waals surface area contributed by atoms with Crippen molar-refractivity contribution in [1.82, 2.24) is 14.1 Å². The summed E-state index contributed by atoms with van der Waals surface area (Å²) in [6.45, 7) is 2.07. The quantitative estimate of drug-likeness (QED) is 0.320. The first-order valence-electron chi connectivity index (χ1n) is 12.6. The standard InChI is InChI=1S/C30H27N3O5/c1-36-26-6-3-2-5-21(26)9-12-32-13-10-24-22(29(32)34)18-23-25(31-24)11-14-33(30(23)35)19-20-7-8-27-28(17-20)38-16-4-15-37-27/h2-3,5-8,10-11,13-14,17-18H,4,9,12,15-16,19H2,1H3. The molecular weight excluding hydrogens is 482 g/mol. The van der Waals surface area contributed by atoms with Crippen LogP contribution in [0.1, 0.15) is 17.5 Å². The van der Waals surface area contributed by atoms with Crippen molar-refractivity contribution in [2.75, 3.05) is 20.3 Å². The van der Waals surface area contributed by atoms with Gasteiger partial charge in [-0.15, -0.1) is 0 Å². The molecule has 3 aromatic heterocycles. The van der Waals surface area contributed by atoms with Crippen LogP contribution in [0.5, 0.6) is 17.2 Å². The number of hydrogen-bond donors (Lipinski definition) is 0. The van der Waals surface area contributed by atoms with Crippen LogP contribution < -0.4 is 25.3 Å². The van der Waals surface area contributed by atoms with Gasteiger partial charge in [-0.2, -0.15) is 0 Å². The predicted molar refractivity (Wildman–Crippen MR) is 146 cm³/mol. The summed E-state index contributed by atoms with van der Waals surface area (Å²) in [5.74, 6) is 2.20.